The van der Waals surface area contributed by atoms with Crippen LogP contribution in [0.3, 0.4) is 0 Å². The highest BCUT2D eigenvalue weighted by Gasteiger charge is 2.18. The predicted molar refractivity (Wildman–Crippen MR) is 107 cm³/mol. The minimum absolute atomic E-state index is 0.168. The minimum atomic E-state index is -0.397. The maximum absolute atomic E-state index is 13.9. The van der Waals surface area contributed by atoms with Crippen LogP contribution in [0.2, 0.25) is 10.0 Å². The van der Waals surface area contributed by atoms with E-state index in [2.05, 4.69) is 15.5 Å². The van der Waals surface area contributed by atoms with Gasteiger partial charge in [0.15, 0.2) is 0 Å². The van der Waals surface area contributed by atoms with Crippen molar-refractivity contribution in [1.29, 1.82) is 0 Å². The lowest BCUT2D eigenvalue weighted by Gasteiger charge is -2.12. The summed E-state index contributed by atoms with van der Waals surface area (Å²) in [6.45, 7) is 6.08. The summed E-state index contributed by atoms with van der Waals surface area (Å²) in [5.74, 6) is -0.906. The van der Waals surface area contributed by atoms with Gasteiger partial charge in [0.2, 0.25) is 5.91 Å². The Balaban J connectivity index is 1.64. The first-order valence-corrected chi connectivity index (χ1v) is 9.47. The number of nitrogens with zero attached hydrogens (tertiary/aromatic N) is 4. The van der Waals surface area contributed by atoms with Gasteiger partial charge in [-0.1, -0.05) is 36.2 Å². The van der Waals surface area contributed by atoms with Crippen molar-refractivity contribution in [2.24, 2.45) is 5.92 Å². The Hall–Kier alpha value is -2.38. The van der Waals surface area contributed by atoms with Crippen LogP contribution in [0.5, 0.6) is 0 Å². The quantitative estimate of drug-likeness (QED) is 0.635. The highest BCUT2D eigenvalue weighted by molar-refractivity contribution is 6.32. The molecule has 3 aromatic rings. The van der Waals surface area contributed by atoms with Gasteiger partial charge >= 0.3 is 0 Å². The van der Waals surface area contributed by atoms with Crippen molar-refractivity contribution in [3.63, 3.8) is 0 Å². The van der Waals surface area contributed by atoms with Gasteiger partial charge in [-0.3, -0.25) is 14.2 Å². The number of rotatable bonds is 6. The van der Waals surface area contributed by atoms with Crippen molar-refractivity contribution in [2.75, 3.05) is 5.32 Å². The average Bonchev–Trinajstić information content (AvgIpc) is 3.18. The Morgan fingerprint density at radius 1 is 1.32 bits per heavy atom. The van der Waals surface area contributed by atoms with Crippen LogP contribution in [0, 0.1) is 25.6 Å². The number of anilines is 1. The van der Waals surface area contributed by atoms with Gasteiger partial charge in [0.1, 0.15) is 5.82 Å². The lowest BCUT2D eigenvalue weighted by molar-refractivity contribution is -0.119. The summed E-state index contributed by atoms with van der Waals surface area (Å²) in [4.78, 5) is 12.5. The van der Waals surface area contributed by atoms with E-state index >= 15 is 0 Å². The van der Waals surface area contributed by atoms with Crippen molar-refractivity contribution in [1.82, 2.24) is 19.6 Å². The lowest BCUT2D eigenvalue weighted by Crippen LogP contribution is -2.25. The summed E-state index contributed by atoms with van der Waals surface area (Å²) in [5, 5.41) is 12.3. The monoisotopic (exact) mass is 423 g/mol. The zero-order chi connectivity index (χ0) is 20.4. The third kappa shape index (κ3) is 4.36. The second-order valence-electron chi connectivity index (χ2n) is 6.68. The first kappa shape index (κ1) is 20.4. The fourth-order valence-corrected chi connectivity index (χ4v) is 3.18. The molecule has 0 aliphatic carbocycles. The number of benzene rings is 1. The van der Waals surface area contributed by atoms with E-state index in [9.17, 15) is 9.18 Å². The van der Waals surface area contributed by atoms with Crippen LogP contribution in [0.1, 0.15) is 23.9 Å². The van der Waals surface area contributed by atoms with Crippen LogP contribution in [-0.4, -0.2) is 25.5 Å². The molecule has 0 bridgehead atoms. The second kappa shape index (κ2) is 8.32. The highest BCUT2D eigenvalue weighted by atomic mass is 35.5. The smallest absolute Gasteiger partial charge is 0.229 e. The molecule has 2 aromatic heterocycles. The third-order valence-corrected chi connectivity index (χ3v) is 5.37. The van der Waals surface area contributed by atoms with Crippen LogP contribution in [0.4, 0.5) is 10.1 Å². The van der Waals surface area contributed by atoms with E-state index in [0.29, 0.717) is 27.8 Å². The molecule has 1 N–H and O–H groups in total. The van der Waals surface area contributed by atoms with Crippen molar-refractivity contribution >= 4 is 34.8 Å². The number of carbonyl (C=O) groups excluding carboxylic acids is 1. The molecule has 0 fully saturated rings. The van der Waals surface area contributed by atoms with E-state index in [0.717, 1.165) is 11.4 Å². The van der Waals surface area contributed by atoms with Crippen LogP contribution in [-0.2, 0) is 17.9 Å². The van der Waals surface area contributed by atoms with Crippen molar-refractivity contribution < 1.29 is 9.18 Å². The van der Waals surface area contributed by atoms with Gasteiger partial charge in [0.25, 0.3) is 0 Å². The average molecular weight is 424 g/mol. The molecule has 0 saturated heterocycles. The summed E-state index contributed by atoms with van der Waals surface area (Å²) in [5.41, 5.74) is 2.43. The molecule has 6 nitrogen and oxygen atoms in total. The Morgan fingerprint density at radius 2 is 2.07 bits per heavy atom. The largest absolute Gasteiger partial charge is 0.323 e. The first-order chi connectivity index (χ1) is 13.3. The Kier molecular flexibility index (Phi) is 6.05. The van der Waals surface area contributed by atoms with Crippen LogP contribution in [0.15, 0.2) is 30.6 Å². The Labute approximate surface area is 172 Å². The van der Waals surface area contributed by atoms with Crippen molar-refractivity contribution in [3.8, 4) is 0 Å². The van der Waals surface area contributed by atoms with E-state index in [1.165, 1.54) is 16.9 Å². The molecule has 9 heteroatoms. The van der Waals surface area contributed by atoms with Crippen molar-refractivity contribution in [3.05, 3.63) is 63.4 Å². The maximum atomic E-state index is 13.9. The Bertz CT molecular complexity index is 994. The number of hydrogen-bond donors (Lipinski definition) is 1. The first-order valence-electron chi connectivity index (χ1n) is 8.72. The van der Waals surface area contributed by atoms with E-state index in [1.807, 2.05) is 20.8 Å². The molecule has 148 valence electrons. The number of nitrogens with one attached hydrogen (secondary N) is 1. The van der Waals surface area contributed by atoms with Gasteiger partial charge in [-0.05, 0) is 26.0 Å². The molecular formula is C19H20Cl2FN5O. The summed E-state index contributed by atoms with van der Waals surface area (Å²) < 4.78 is 17.2. The number of carbonyl (C=O) groups is 1. The molecule has 0 saturated carbocycles. The predicted octanol–water partition coefficient (Wildman–Crippen LogP) is 4.47. The fraction of sp³-hybridized carbons (Fsp3) is 0.316. The SMILES string of the molecule is Cc1nn(CC(C)C(=O)Nc2cnn(Cc3c(F)cccc3Cl)c2)c(C)c1Cl. The van der Waals surface area contributed by atoms with E-state index in [-0.39, 0.29) is 18.4 Å². The van der Waals surface area contributed by atoms with E-state index in [4.69, 9.17) is 23.2 Å². The fourth-order valence-electron chi connectivity index (χ4n) is 2.82. The molecule has 0 spiro atoms. The molecule has 0 aliphatic heterocycles. The normalized spacial score (nSPS) is 12.2. The van der Waals surface area contributed by atoms with Gasteiger partial charge in [0.05, 0.1) is 47.3 Å². The molecule has 0 radical (unpaired) electrons. The molecular weight excluding hydrogens is 404 g/mol. The van der Waals surface area contributed by atoms with Gasteiger partial charge in [-0.15, -0.1) is 0 Å². The van der Waals surface area contributed by atoms with Gasteiger partial charge in [-0.25, -0.2) is 4.39 Å². The molecule has 1 amide bonds. The molecule has 2 heterocycles. The number of aromatic nitrogens is 4. The number of amides is 1. The van der Waals surface area contributed by atoms with Gasteiger partial charge < -0.3 is 5.32 Å². The third-order valence-electron chi connectivity index (χ3n) is 4.47. The molecule has 28 heavy (non-hydrogen) atoms. The standard InChI is InChI=1S/C19H20Cl2FN5O/c1-11(8-27-13(3)18(21)12(2)25-27)19(28)24-14-7-23-26(9-14)10-15-16(20)5-4-6-17(15)22/h4-7,9,11H,8,10H2,1-3H3,(H,24,28). The summed E-state index contributed by atoms with van der Waals surface area (Å²) >= 11 is 12.2. The minimum Gasteiger partial charge on any atom is -0.323 e. The molecule has 1 aromatic carbocycles. The van der Waals surface area contributed by atoms with E-state index < -0.39 is 5.82 Å². The molecule has 3 rings (SSSR count). The Morgan fingerprint density at radius 3 is 2.71 bits per heavy atom. The lowest BCUT2D eigenvalue weighted by atomic mass is 10.1. The summed E-state index contributed by atoms with van der Waals surface area (Å²) in [6, 6.07) is 4.52. The number of halogens is 3. The zero-order valence-electron chi connectivity index (χ0n) is 15.7. The molecule has 1 atom stereocenters. The zero-order valence-corrected chi connectivity index (χ0v) is 17.2. The van der Waals surface area contributed by atoms with Crippen LogP contribution >= 0.6 is 23.2 Å². The van der Waals surface area contributed by atoms with Gasteiger partial charge in [0, 0.05) is 16.8 Å². The highest BCUT2D eigenvalue weighted by Crippen LogP contribution is 2.22. The number of aryl methyl sites for hydroxylation is 1. The maximum Gasteiger partial charge on any atom is 0.229 e. The molecule has 0 aliphatic rings. The summed E-state index contributed by atoms with van der Waals surface area (Å²) in [6.07, 6.45) is 3.15. The van der Waals surface area contributed by atoms with Crippen LogP contribution < -0.4 is 5.32 Å². The van der Waals surface area contributed by atoms with Gasteiger partial charge in [-0.2, -0.15) is 10.2 Å². The van der Waals surface area contributed by atoms with Crippen molar-refractivity contribution in [2.45, 2.75) is 33.9 Å². The topological polar surface area (TPSA) is 64.7 Å². The van der Waals surface area contributed by atoms with E-state index in [1.54, 1.807) is 23.0 Å². The number of hydrogen-bond acceptors (Lipinski definition) is 3. The summed E-state index contributed by atoms with van der Waals surface area (Å²) in [7, 11) is 0. The van der Waals surface area contributed by atoms with Crippen LogP contribution in [0.25, 0.3) is 0 Å². The molecule has 1 unspecified atom stereocenters. The second-order valence-corrected chi connectivity index (χ2v) is 7.47.